The molecule has 0 aliphatic heterocycles. The van der Waals surface area contributed by atoms with Crippen molar-refractivity contribution in [3.05, 3.63) is 42.6 Å². The Labute approximate surface area is 114 Å². The molecule has 0 saturated carbocycles. The van der Waals surface area contributed by atoms with Gasteiger partial charge in [0.2, 0.25) is 0 Å². The van der Waals surface area contributed by atoms with Gasteiger partial charge < -0.3 is 10.1 Å². The Hall–Kier alpha value is -2.24. The lowest BCUT2D eigenvalue weighted by Gasteiger charge is -2.13. The van der Waals surface area contributed by atoms with E-state index in [9.17, 15) is 13.2 Å². The lowest BCUT2D eigenvalue weighted by atomic mass is 10.1. The molecule has 0 spiro atoms. The molecule has 0 bridgehead atoms. The van der Waals surface area contributed by atoms with E-state index in [2.05, 4.69) is 15.0 Å². The molecule has 1 N–H and O–H groups in total. The zero-order valence-electron chi connectivity index (χ0n) is 10.7. The van der Waals surface area contributed by atoms with Crippen LogP contribution in [-0.4, -0.2) is 17.9 Å². The summed E-state index contributed by atoms with van der Waals surface area (Å²) in [5.74, 6) is -0.263. The van der Waals surface area contributed by atoms with Crippen molar-refractivity contribution in [3.63, 3.8) is 0 Å². The summed E-state index contributed by atoms with van der Waals surface area (Å²) in [6, 6.07) is 9.37. The molecule has 0 amide bonds. The van der Waals surface area contributed by atoms with Crippen LogP contribution in [0.3, 0.4) is 0 Å². The number of nitrogens with one attached hydrogen (secondary N) is 1. The Balaban J connectivity index is 2.39. The van der Waals surface area contributed by atoms with Crippen LogP contribution in [0.25, 0.3) is 11.3 Å². The number of rotatable bonds is 4. The van der Waals surface area contributed by atoms with Crippen LogP contribution in [0, 0.1) is 0 Å². The maximum Gasteiger partial charge on any atom is 0.573 e. The molecule has 1 heterocycles. The van der Waals surface area contributed by atoms with Gasteiger partial charge in [-0.3, -0.25) is 4.98 Å². The van der Waals surface area contributed by atoms with Crippen molar-refractivity contribution < 1.29 is 17.9 Å². The lowest BCUT2D eigenvalue weighted by Crippen LogP contribution is -2.17. The number of benzene rings is 1. The number of pyridine rings is 1. The highest BCUT2D eigenvalue weighted by Crippen LogP contribution is 2.33. The molecule has 0 atom stereocenters. The molecule has 0 fully saturated rings. The van der Waals surface area contributed by atoms with E-state index in [-0.39, 0.29) is 5.75 Å². The van der Waals surface area contributed by atoms with Crippen molar-refractivity contribution in [1.29, 1.82) is 0 Å². The number of anilines is 1. The van der Waals surface area contributed by atoms with Gasteiger partial charge in [-0.15, -0.1) is 13.2 Å². The van der Waals surface area contributed by atoms with Crippen LogP contribution in [0.1, 0.15) is 6.92 Å². The third kappa shape index (κ3) is 3.63. The summed E-state index contributed by atoms with van der Waals surface area (Å²) in [5.41, 5.74) is 1.51. The molecule has 0 aliphatic rings. The second kappa shape index (κ2) is 5.81. The maximum absolute atomic E-state index is 12.4. The third-order valence-electron chi connectivity index (χ3n) is 2.53. The minimum atomic E-state index is -4.73. The topological polar surface area (TPSA) is 34.2 Å². The number of nitrogens with zero attached hydrogens (tertiary/aromatic N) is 1. The minimum absolute atomic E-state index is 0.263. The molecular weight excluding hydrogens is 269 g/mol. The smallest absolute Gasteiger partial charge is 0.405 e. The third-order valence-corrected chi connectivity index (χ3v) is 2.53. The number of para-hydroxylation sites is 1. The van der Waals surface area contributed by atoms with E-state index in [1.165, 1.54) is 18.3 Å². The largest absolute Gasteiger partial charge is 0.573 e. The fraction of sp³-hybridized carbons (Fsp3) is 0.214. The molecule has 0 unspecified atom stereocenters. The number of ether oxygens (including phenoxy) is 1. The fourth-order valence-corrected chi connectivity index (χ4v) is 1.78. The second-order valence-corrected chi connectivity index (χ2v) is 4.00. The second-order valence-electron chi connectivity index (χ2n) is 4.00. The summed E-state index contributed by atoms with van der Waals surface area (Å²) in [5, 5.41) is 3.08. The molecule has 106 valence electrons. The van der Waals surface area contributed by atoms with Crippen LogP contribution in [0.5, 0.6) is 5.75 Å². The van der Waals surface area contributed by atoms with Gasteiger partial charge in [-0.1, -0.05) is 12.1 Å². The van der Waals surface area contributed by atoms with Gasteiger partial charge in [0.25, 0.3) is 0 Å². The van der Waals surface area contributed by atoms with E-state index in [4.69, 9.17) is 0 Å². The molecule has 1 aromatic carbocycles. The van der Waals surface area contributed by atoms with E-state index in [0.717, 1.165) is 5.69 Å². The quantitative estimate of drug-likeness (QED) is 0.917. The van der Waals surface area contributed by atoms with Crippen molar-refractivity contribution in [1.82, 2.24) is 4.98 Å². The van der Waals surface area contributed by atoms with Crippen LogP contribution >= 0.6 is 0 Å². The zero-order valence-corrected chi connectivity index (χ0v) is 10.7. The van der Waals surface area contributed by atoms with Crippen LogP contribution < -0.4 is 10.1 Å². The first-order chi connectivity index (χ1) is 9.49. The van der Waals surface area contributed by atoms with E-state index in [1.807, 2.05) is 6.92 Å². The van der Waals surface area contributed by atoms with E-state index in [1.54, 1.807) is 24.3 Å². The molecule has 6 heteroatoms. The first-order valence-corrected chi connectivity index (χ1v) is 6.04. The maximum atomic E-state index is 12.4. The number of aromatic nitrogens is 1. The summed E-state index contributed by atoms with van der Waals surface area (Å²) >= 11 is 0. The SMILES string of the molecule is CCNc1ccnc(-c2ccccc2OC(F)(F)F)c1. The summed E-state index contributed by atoms with van der Waals surface area (Å²) in [6.07, 6.45) is -3.19. The van der Waals surface area contributed by atoms with Crippen molar-refractivity contribution in [2.24, 2.45) is 0 Å². The van der Waals surface area contributed by atoms with E-state index in [0.29, 0.717) is 17.8 Å². The van der Waals surface area contributed by atoms with Crippen molar-refractivity contribution in [2.45, 2.75) is 13.3 Å². The first kappa shape index (κ1) is 14.2. The highest BCUT2D eigenvalue weighted by Gasteiger charge is 2.32. The fourth-order valence-electron chi connectivity index (χ4n) is 1.78. The normalized spacial score (nSPS) is 11.2. The Kier molecular flexibility index (Phi) is 4.12. The first-order valence-electron chi connectivity index (χ1n) is 6.04. The van der Waals surface area contributed by atoms with Gasteiger partial charge in [-0.2, -0.15) is 0 Å². The Morgan fingerprint density at radius 3 is 2.65 bits per heavy atom. The molecular formula is C14H13F3N2O. The number of hydrogen-bond acceptors (Lipinski definition) is 3. The van der Waals surface area contributed by atoms with E-state index >= 15 is 0 Å². The summed E-state index contributed by atoms with van der Waals surface area (Å²) < 4.78 is 41.2. The molecule has 2 rings (SSSR count). The predicted molar refractivity (Wildman–Crippen MR) is 70.5 cm³/mol. The predicted octanol–water partition coefficient (Wildman–Crippen LogP) is 4.08. The van der Waals surface area contributed by atoms with Gasteiger partial charge in [0.1, 0.15) is 5.75 Å². The van der Waals surface area contributed by atoms with E-state index < -0.39 is 6.36 Å². The Morgan fingerprint density at radius 1 is 1.20 bits per heavy atom. The average molecular weight is 282 g/mol. The van der Waals surface area contributed by atoms with Gasteiger partial charge in [-0.25, -0.2) is 0 Å². The molecule has 20 heavy (non-hydrogen) atoms. The van der Waals surface area contributed by atoms with Gasteiger partial charge in [0.15, 0.2) is 0 Å². The number of halogens is 3. The van der Waals surface area contributed by atoms with Gasteiger partial charge >= 0.3 is 6.36 Å². The van der Waals surface area contributed by atoms with Crippen molar-refractivity contribution >= 4 is 5.69 Å². The molecule has 1 aromatic heterocycles. The standard InChI is InChI=1S/C14H13F3N2O/c1-2-18-10-7-8-19-12(9-10)11-5-3-4-6-13(11)20-14(15,16)17/h3-9H,2H2,1H3,(H,18,19). The lowest BCUT2D eigenvalue weighted by molar-refractivity contribution is -0.274. The van der Waals surface area contributed by atoms with Crippen LogP contribution in [0.4, 0.5) is 18.9 Å². The van der Waals surface area contributed by atoms with Crippen molar-refractivity contribution in [3.8, 4) is 17.0 Å². The van der Waals surface area contributed by atoms with Gasteiger partial charge in [0.05, 0.1) is 5.69 Å². The highest BCUT2D eigenvalue weighted by atomic mass is 19.4. The summed E-state index contributed by atoms with van der Waals surface area (Å²) in [4.78, 5) is 4.10. The van der Waals surface area contributed by atoms with Crippen LogP contribution in [0.15, 0.2) is 42.6 Å². The highest BCUT2D eigenvalue weighted by molar-refractivity contribution is 5.70. The van der Waals surface area contributed by atoms with Crippen LogP contribution in [0.2, 0.25) is 0 Å². The monoisotopic (exact) mass is 282 g/mol. The Bertz CT molecular complexity index is 585. The minimum Gasteiger partial charge on any atom is -0.405 e. The van der Waals surface area contributed by atoms with Gasteiger partial charge in [0, 0.05) is 24.0 Å². The number of hydrogen-bond donors (Lipinski definition) is 1. The molecule has 0 saturated heterocycles. The summed E-state index contributed by atoms with van der Waals surface area (Å²) in [6.45, 7) is 2.64. The molecule has 2 aromatic rings. The average Bonchev–Trinajstić information content (AvgIpc) is 2.38. The number of alkyl halides is 3. The molecule has 0 radical (unpaired) electrons. The molecule has 3 nitrogen and oxygen atoms in total. The van der Waals surface area contributed by atoms with Gasteiger partial charge in [-0.05, 0) is 31.2 Å². The zero-order chi connectivity index (χ0) is 14.6. The molecule has 0 aliphatic carbocycles. The van der Waals surface area contributed by atoms with Crippen LogP contribution in [-0.2, 0) is 0 Å². The van der Waals surface area contributed by atoms with Crippen molar-refractivity contribution in [2.75, 3.05) is 11.9 Å². The summed E-state index contributed by atoms with van der Waals surface area (Å²) in [7, 11) is 0. The Morgan fingerprint density at radius 2 is 1.95 bits per heavy atom.